The second-order valence-electron chi connectivity index (χ2n) is 14.7. The molecular weight excluding hydrogens is 715 g/mol. The molecule has 0 N–H and O–H groups in total. The number of hydrogen-bond donors (Lipinski definition) is 0. The number of para-hydroxylation sites is 2. The van der Waals surface area contributed by atoms with Crippen molar-refractivity contribution in [3.8, 4) is 34.4 Å². The lowest BCUT2D eigenvalue weighted by Gasteiger charge is -2.23. The zero-order chi connectivity index (χ0) is 37.5. The first-order valence-electron chi connectivity index (χ1n) is 19.4. The molecule has 0 saturated carbocycles. The number of benzene rings is 7. The van der Waals surface area contributed by atoms with Gasteiger partial charge < -0.3 is 4.57 Å². The first kappa shape index (κ1) is 32.2. The highest BCUT2D eigenvalue weighted by Crippen LogP contribution is 2.52. The van der Waals surface area contributed by atoms with Crippen molar-refractivity contribution in [2.75, 3.05) is 0 Å². The average Bonchev–Trinajstić information content (AvgIpc) is 3.95. The van der Waals surface area contributed by atoms with Crippen LogP contribution in [0.15, 0.2) is 193 Å². The van der Waals surface area contributed by atoms with Gasteiger partial charge in [-0.15, -0.1) is 11.8 Å². The van der Waals surface area contributed by atoms with E-state index in [1.165, 1.54) is 32.4 Å². The molecule has 57 heavy (non-hydrogen) atoms. The highest BCUT2D eigenvalue weighted by atomic mass is 32.2. The van der Waals surface area contributed by atoms with E-state index in [9.17, 15) is 0 Å². The van der Waals surface area contributed by atoms with Crippen LogP contribution in [0, 0.1) is 0 Å². The van der Waals surface area contributed by atoms with Crippen LogP contribution in [0.5, 0.6) is 0 Å². The van der Waals surface area contributed by atoms with Crippen molar-refractivity contribution in [3.05, 3.63) is 199 Å². The third-order valence-electron chi connectivity index (χ3n) is 11.6. The average molecular weight is 748 g/mol. The van der Waals surface area contributed by atoms with E-state index < -0.39 is 0 Å². The van der Waals surface area contributed by atoms with E-state index in [-0.39, 0.29) is 0 Å². The van der Waals surface area contributed by atoms with E-state index in [0.29, 0.717) is 28.8 Å². The molecule has 7 aromatic carbocycles. The minimum absolute atomic E-state index is 0.365. The molecular formula is C51H33N5S. The van der Waals surface area contributed by atoms with Crippen LogP contribution < -0.4 is 0 Å². The fourth-order valence-electron chi connectivity index (χ4n) is 9.01. The Morgan fingerprint density at radius 2 is 1.02 bits per heavy atom. The molecule has 268 valence electrons. The predicted molar refractivity (Wildman–Crippen MR) is 235 cm³/mol. The van der Waals surface area contributed by atoms with Crippen LogP contribution in [-0.2, 0) is 0 Å². The van der Waals surface area contributed by atoms with Gasteiger partial charge in [-0.3, -0.25) is 4.57 Å². The number of fused-ring (bicyclic) bond motifs is 10. The van der Waals surface area contributed by atoms with Crippen LogP contribution in [0.2, 0.25) is 0 Å². The van der Waals surface area contributed by atoms with Gasteiger partial charge in [0.15, 0.2) is 11.6 Å². The van der Waals surface area contributed by atoms with Crippen molar-refractivity contribution in [2.24, 2.45) is 0 Å². The van der Waals surface area contributed by atoms with Crippen LogP contribution in [0.25, 0.3) is 83.6 Å². The van der Waals surface area contributed by atoms with Gasteiger partial charge in [-0.05, 0) is 47.0 Å². The quantitative estimate of drug-likeness (QED) is 0.176. The summed E-state index contributed by atoms with van der Waals surface area (Å²) in [6.45, 7) is 0. The molecule has 2 aliphatic rings. The van der Waals surface area contributed by atoms with Crippen LogP contribution >= 0.6 is 11.8 Å². The highest BCUT2D eigenvalue weighted by Gasteiger charge is 2.35. The van der Waals surface area contributed by atoms with Crippen LogP contribution in [-0.4, -0.2) is 29.3 Å². The molecule has 3 aromatic heterocycles. The molecule has 0 spiro atoms. The Morgan fingerprint density at radius 3 is 1.68 bits per heavy atom. The summed E-state index contributed by atoms with van der Waals surface area (Å²) in [6.07, 6.45) is 6.91. The van der Waals surface area contributed by atoms with Gasteiger partial charge >= 0.3 is 0 Å². The first-order chi connectivity index (χ1) is 28.3. The van der Waals surface area contributed by atoms with Gasteiger partial charge in [0.2, 0.25) is 5.95 Å². The van der Waals surface area contributed by atoms with Crippen molar-refractivity contribution in [3.63, 3.8) is 0 Å². The molecule has 5 nitrogen and oxygen atoms in total. The van der Waals surface area contributed by atoms with Gasteiger partial charge in [0.05, 0.1) is 22.1 Å². The summed E-state index contributed by atoms with van der Waals surface area (Å²) >= 11 is 1.99. The van der Waals surface area contributed by atoms with Gasteiger partial charge in [0, 0.05) is 54.4 Å². The van der Waals surface area contributed by atoms with Gasteiger partial charge in [-0.25, -0.2) is 4.98 Å². The minimum Gasteiger partial charge on any atom is -0.307 e. The van der Waals surface area contributed by atoms with E-state index in [0.717, 1.165) is 49.7 Å². The van der Waals surface area contributed by atoms with E-state index in [1.54, 1.807) is 0 Å². The van der Waals surface area contributed by atoms with E-state index in [4.69, 9.17) is 15.0 Å². The Kier molecular flexibility index (Phi) is 7.22. The molecule has 6 heteroatoms. The molecule has 0 bridgehead atoms. The standard InChI is InChI=1S/C51H33N5S/c1-3-14-33(15-4-1)49-52-50(34-16-5-2-6-17-34)54-51(53-49)56-44-24-11-8-19-38(44)41-31-30-40-37-18-7-10-23-43(37)55(46(40)47(41)56)35-28-26-32(27-29-35)36-21-13-22-42-39-20-9-12-25-45(39)57-48(36)42/h1-31,42,48H. The SMILES string of the molecule is C1=CC2c3ccccc3SC2C(c2ccc(-n3c4ccccc4c4ccc5c6ccccc6n(-c6nc(-c7ccccc7)nc(-c7ccccc7)n6)c5c43)cc2)=C1. The summed E-state index contributed by atoms with van der Waals surface area (Å²) in [5.41, 5.74) is 11.4. The van der Waals surface area contributed by atoms with Crippen LogP contribution in [0.3, 0.4) is 0 Å². The Labute approximate surface area is 333 Å². The summed E-state index contributed by atoms with van der Waals surface area (Å²) in [5, 5.41) is 5.03. The topological polar surface area (TPSA) is 48.5 Å². The maximum absolute atomic E-state index is 5.26. The van der Waals surface area contributed by atoms with E-state index in [1.807, 2.05) is 48.2 Å². The van der Waals surface area contributed by atoms with Crippen molar-refractivity contribution in [1.82, 2.24) is 24.1 Å². The summed E-state index contributed by atoms with van der Waals surface area (Å²) in [7, 11) is 0. The monoisotopic (exact) mass is 747 g/mol. The zero-order valence-corrected chi connectivity index (χ0v) is 31.5. The lowest BCUT2D eigenvalue weighted by molar-refractivity contribution is 0.893. The van der Waals surface area contributed by atoms with Crippen LogP contribution in [0.4, 0.5) is 0 Å². The van der Waals surface area contributed by atoms with Crippen molar-refractivity contribution >= 4 is 60.9 Å². The number of aromatic nitrogens is 5. The lowest BCUT2D eigenvalue weighted by atomic mass is 9.85. The second kappa shape index (κ2) is 12.8. The van der Waals surface area contributed by atoms with Crippen molar-refractivity contribution in [1.29, 1.82) is 0 Å². The maximum atomic E-state index is 5.26. The Bertz CT molecular complexity index is 3210. The van der Waals surface area contributed by atoms with E-state index in [2.05, 4.69) is 161 Å². The highest BCUT2D eigenvalue weighted by molar-refractivity contribution is 8.00. The number of rotatable bonds is 5. The molecule has 10 aromatic rings. The minimum atomic E-state index is 0.365. The van der Waals surface area contributed by atoms with Gasteiger partial charge in [-0.1, -0.05) is 158 Å². The fourth-order valence-corrected chi connectivity index (χ4v) is 10.5. The van der Waals surface area contributed by atoms with E-state index >= 15 is 0 Å². The number of hydrogen-bond acceptors (Lipinski definition) is 4. The second-order valence-corrected chi connectivity index (χ2v) is 15.9. The maximum Gasteiger partial charge on any atom is 0.238 e. The largest absolute Gasteiger partial charge is 0.307 e. The summed E-state index contributed by atoms with van der Waals surface area (Å²) in [5.74, 6) is 2.23. The zero-order valence-electron chi connectivity index (χ0n) is 30.7. The number of nitrogens with zero attached hydrogens (tertiary/aromatic N) is 5. The molecule has 0 fully saturated rings. The normalized spacial score (nSPS) is 16.0. The Morgan fingerprint density at radius 1 is 0.456 bits per heavy atom. The molecule has 2 unspecified atom stereocenters. The van der Waals surface area contributed by atoms with Gasteiger partial charge in [-0.2, -0.15) is 9.97 Å². The Hall–Kier alpha value is -7.02. The molecule has 0 saturated heterocycles. The summed E-state index contributed by atoms with van der Waals surface area (Å²) in [4.78, 5) is 16.9. The third kappa shape index (κ3) is 5.00. The number of thioether (sulfide) groups is 1. The fraction of sp³-hybridized carbons (Fsp3) is 0.0392. The Balaban J connectivity index is 1.10. The molecule has 1 aliphatic heterocycles. The molecule has 2 atom stereocenters. The summed E-state index contributed by atoms with van der Waals surface area (Å²) < 4.78 is 4.69. The third-order valence-corrected chi connectivity index (χ3v) is 13.0. The van der Waals surface area contributed by atoms with Crippen molar-refractivity contribution < 1.29 is 0 Å². The van der Waals surface area contributed by atoms with Crippen LogP contribution in [0.1, 0.15) is 17.0 Å². The smallest absolute Gasteiger partial charge is 0.238 e. The van der Waals surface area contributed by atoms with Gasteiger partial charge in [0.25, 0.3) is 0 Å². The molecule has 1 aliphatic carbocycles. The molecule has 0 radical (unpaired) electrons. The lowest BCUT2D eigenvalue weighted by Crippen LogP contribution is -2.13. The predicted octanol–water partition coefficient (Wildman–Crippen LogP) is 12.6. The number of allylic oxidation sites excluding steroid dienone is 3. The summed E-state index contributed by atoms with van der Waals surface area (Å²) in [6, 6.07) is 60.3. The molecule has 0 amide bonds. The first-order valence-corrected chi connectivity index (χ1v) is 20.2. The molecule has 12 rings (SSSR count). The van der Waals surface area contributed by atoms with Crippen molar-refractivity contribution in [2.45, 2.75) is 16.1 Å². The van der Waals surface area contributed by atoms with Gasteiger partial charge in [0.1, 0.15) is 0 Å². The molecule has 4 heterocycles.